The molecule has 4 unspecified atom stereocenters. The zero-order valence-electron chi connectivity index (χ0n) is 11.3. The van der Waals surface area contributed by atoms with E-state index in [-0.39, 0.29) is 6.10 Å². The van der Waals surface area contributed by atoms with Crippen LogP contribution in [0.3, 0.4) is 0 Å². The maximum Gasteiger partial charge on any atom is 0.105 e. The molecule has 4 heteroatoms. The summed E-state index contributed by atoms with van der Waals surface area (Å²) in [5, 5.41) is 13.9. The number of rotatable bonds is 3. The molecule has 0 spiro atoms. The molecule has 0 amide bonds. The minimum Gasteiger partial charge on any atom is -0.386 e. The van der Waals surface area contributed by atoms with Crippen LogP contribution >= 0.6 is 0 Å². The predicted octanol–water partition coefficient (Wildman–Crippen LogP) is 0.599. The highest BCUT2D eigenvalue weighted by Crippen LogP contribution is 2.25. The second kappa shape index (κ2) is 5.22. The molecule has 100 valence electrons. The van der Waals surface area contributed by atoms with Gasteiger partial charge in [-0.25, -0.2) is 0 Å². The number of aliphatic hydroxyl groups is 1. The average molecular weight is 242 g/mol. The van der Waals surface area contributed by atoms with Crippen molar-refractivity contribution < 1.29 is 9.84 Å². The van der Waals surface area contributed by atoms with Gasteiger partial charge >= 0.3 is 0 Å². The highest BCUT2D eigenvalue weighted by Gasteiger charge is 2.39. The SMILES string of the molecule is CC1CC(NCC2(O)CCOC2C)CCN1C. The van der Waals surface area contributed by atoms with Crippen molar-refractivity contribution >= 4 is 0 Å². The molecule has 2 aliphatic heterocycles. The van der Waals surface area contributed by atoms with E-state index in [1.807, 2.05) is 6.92 Å². The number of piperidine rings is 1. The van der Waals surface area contributed by atoms with Crippen molar-refractivity contribution in [3.8, 4) is 0 Å². The lowest BCUT2D eigenvalue weighted by molar-refractivity contribution is -0.0291. The van der Waals surface area contributed by atoms with Crippen LogP contribution in [-0.4, -0.2) is 60.5 Å². The predicted molar refractivity (Wildman–Crippen MR) is 68.1 cm³/mol. The molecule has 0 aliphatic carbocycles. The van der Waals surface area contributed by atoms with Gasteiger partial charge in [-0.3, -0.25) is 0 Å². The van der Waals surface area contributed by atoms with Gasteiger partial charge in [0.25, 0.3) is 0 Å². The molecule has 0 aromatic heterocycles. The Balaban J connectivity index is 1.78. The first-order valence-corrected chi connectivity index (χ1v) is 6.79. The molecule has 0 saturated carbocycles. The monoisotopic (exact) mass is 242 g/mol. The van der Waals surface area contributed by atoms with Gasteiger partial charge in [0.2, 0.25) is 0 Å². The highest BCUT2D eigenvalue weighted by molar-refractivity contribution is 4.93. The Bertz CT molecular complexity index is 262. The van der Waals surface area contributed by atoms with Gasteiger partial charge in [0.1, 0.15) is 5.60 Å². The molecule has 0 aromatic carbocycles. The smallest absolute Gasteiger partial charge is 0.105 e. The Kier molecular flexibility index (Phi) is 4.08. The number of hydrogen-bond donors (Lipinski definition) is 2. The minimum absolute atomic E-state index is 0.0429. The van der Waals surface area contributed by atoms with Crippen LogP contribution in [0.15, 0.2) is 0 Å². The largest absolute Gasteiger partial charge is 0.386 e. The maximum atomic E-state index is 10.4. The Labute approximate surface area is 104 Å². The van der Waals surface area contributed by atoms with E-state index < -0.39 is 5.60 Å². The summed E-state index contributed by atoms with van der Waals surface area (Å²) >= 11 is 0. The van der Waals surface area contributed by atoms with E-state index in [9.17, 15) is 5.11 Å². The van der Waals surface area contributed by atoms with Crippen LogP contribution in [0.4, 0.5) is 0 Å². The van der Waals surface area contributed by atoms with E-state index in [1.165, 1.54) is 12.8 Å². The molecule has 0 radical (unpaired) electrons. The zero-order chi connectivity index (χ0) is 12.5. The van der Waals surface area contributed by atoms with Crippen LogP contribution in [0.1, 0.15) is 33.1 Å². The zero-order valence-corrected chi connectivity index (χ0v) is 11.3. The first-order chi connectivity index (χ1) is 8.01. The van der Waals surface area contributed by atoms with Crippen molar-refractivity contribution in [3.63, 3.8) is 0 Å². The minimum atomic E-state index is -0.660. The van der Waals surface area contributed by atoms with Gasteiger partial charge in [-0.15, -0.1) is 0 Å². The van der Waals surface area contributed by atoms with Crippen LogP contribution in [0, 0.1) is 0 Å². The second-order valence-electron chi connectivity index (χ2n) is 5.80. The fourth-order valence-electron chi connectivity index (χ4n) is 2.80. The lowest BCUT2D eigenvalue weighted by Crippen LogP contribution is -2.52. The highest BCUT2D eigenvalue weighted by atomic mass is 16.5. The molecule has 4 nitrogen and oxygen atoms in total. The summed E-state index contributed by atoms with van der Waals surface area (Å²) in [7, 11) is 2.18. The third-order valence-corrected chi connectivity index (χ3v) is 4.56. The Morgan fingerprint density at radius 2 is 2.24 bits per heavy atom. The van der Waals surface area contributed by atoms with Gasteiger partial charge < -0.3 is 20.1 Å². The van der Waals surface area contributed by atoms with Gasteiger partial charge in [-0.05, 0) is 40.3 Å². The Hall–Kier alpha value is -0.160. The fraction of sp³-hybridized carbons (Fsp3) is 1.00. The standard InChI is InChI=1S/C13H26N2O2/c1-10-8-12(4-6-15(10)3)14-9-13(16)5-7-17-11(13)2/h10-12,14,16H,4-9H2,1-3H3. The summed E-state index contributed by atoms with van der Waals surface area (Å²) in [6.07, 6.45) is 3.05. The van der Waals surface area contributed by atoms with Crippen LogP contribution in [0.2, 0.25) is 0 Å². The quantitative estimate of drug-likeness (QED) is 0.761. The molecule has 2 saturated heterocycles. The Morgan fingerprint density at radius 1 is 1.47 bits per heavy atom. The van der Waals surface area contributed by atoms with Crippen LogP contribution in [-0.2, 0) is 4.74 Å². The Morgan fingerprint density at radius 3 is 2.82 bits per heavy atom. The first kappa shape index (κ1) is 13.3. The maximum absolute atomic E-state index is 10.4. The van der Waals surface area contributed by atoms with Crippen molar-refractivity contribution in [1.29, 1.82) is 0 Å². The third kappa shape index (κ3) is 2.99. The third-order valence-electron chi connectivity index (χ3n) is 4.56. The van der Waals surface area contributed by atoms with Gasteiger partial charge in [0, 0.05) is 31.7 Å². The molecule has 0 bridgehead atoms. The molecule has 2 N–H and O–H groups in total. The molecular formula is C13H26N2O2. The summed E-state index contributed by atoms with van der Waals surface area (Å²) in [5.41, 5.74) is -0.660. The summed E-state index contributed by atoms with van der Waals surface area (Å²) in [6, 6.07) is 1.17. The summed E-state index contributed by atoms with van der Waals surface area (Å²) in [4.78, 5) is 2.40. The van der Waals surface area contributed by atoms with E-state index in [4.69, 9.17) is 4.74 Å². The first-order valence-electron chi connectivity index (χ1n) is 6.79. The molecule has 2 fully saturated rings. The van der Waals surface area contributed by atoms with Gasteiger partial charge in [0.15, 0.2) is 0 Å². The molecule has 0 aromatic rings. The lowest BCUT2D eigenvalue weighted by atomic mass is 9.94. The fourth-order valence-corrected chi connectivity index (χ4v) is 2.80. The van der Waals surface area contributed by atoms with Gasteiger partial charge in [-0.2, -0.15) is 0 Å². The van der Waals surface area contributed by atoms with Gasteiger partial charge in [0.05, 0.1) is 6.10 Å². The van der Waals surface area contributed by atoms with E-state index in [0.29, 0.717) is 25.2 Å². The normalized spacial score (nSPS) is 44.1. The average Bonchev–Trinajstić information content (AvgIpc) is 2.62. The van der Waals surface area contributed by atoms with E-state index in [1.54, 1.807) is 0 Å². The number of nitrogens with zero attached hydrogens (tertiary/aromatic N) is 1. The molecule has 2 rings (SSSR count). The molecule has 17 heavy (non-hydrogen) atoms. The van der Waals surface area contributed by atoms with Gasteiger partial charge in [-0.1, -0.05) is 0 Å². The summed E-state index contributed by atoms with van der Waals surface area (Å²) in [6.45, 7) is 6.72. The topological polar surface area (TPSA) is 44.7 Å². The number of likely N-dealkylation sites (tertiary alicyclic amines) is 1. The molecule has 2 aliphatic rings. The number of nitrogens with one attached hydrogen (secondary N) is 1. The molecular weight excluding hydrogens is 216 g/mol. The van der Waals surface area contributed by atoms with Crippen molar-refractivity contribution in [2.24, 2.45) is 0 Å². The van der Waals surface area contributed by atoms with E-state index >= 15 is 0 Å². The van der Waals surface area contributed by atoms with Crippen LogP contribution < -0.4 is 5.32 Å². The van der Waals surface area contributed by atoms with Crippen molar-refractivity contribution in [2.75, 3.05) is 26.7 Å². The molecule has 4 atom stereocenters. The lowest BCUT2D eigenvalue weighted by Gasteiger charge is -2.37. The second-order valence-corrected chi connectivity index (χ2v) is 5.80. The van der Waals surface area contributed by atoms with Crippen LogP contribution in [0.25, 0.3) is 0 Å². The van der Waals surface area contributed by atoms with Crippen molar-refractivity contribution in [1.82, 2.24) is 10.2 Å². The summed E-state index contributed by atoms with van der Waals surface area (Å²) < 4.78 is 5.45. The van der Waals surface area contributed by atoms with E-state index in [2.05, 4.69) is 24.2 Å². The van der Waals surface area contributed by atoms with Crippen molar-refractivity contribution in [2.45, 2.75) is 56.9 Å². The summed E-state index contributed by atoms with van der Waals surface area (Å²) in [5.74, 6) is 0. The van der Waals surface area contributed by atoms with Crippen LogP contribution in [0.5, 0.6) is 0 Å². The number of ether oxygens (including phenoxy) is 1. The number of hydrogen-bond acceptors (Lipinski definition) is 4. The van der Waals surface area contributed by atoms with Crippen molar-refractivity contribution in [3.05, 3.63) is 0 Å². The van der Waals surface area contributed by atoms with E-state index in [0.717, 1.165) is 13.0 Å². The molecule has 2 heterocycles.